The van der Waals surface area contributed by atoms with E-state index in [9.17, 15) is 9.59 Å². The van der Waals surface area contributed by atoms with Crippen molar-refractivity contribution in [3.05, 3.63) is 82.2 Å². The number of benzene rings is 1. The van der Waals surface area contributed by atoms with E-state index < -0.39 is 6.09 Å². The topological polar surface area (TPSA) is 90.5 Å². The van der Waals surface area contributed by atoms with Crippen molar-refractivity contribution in [1.29, 1.82) is 0 Å². The molecule has 0 saturated heterocycles. The van der Waals surface area contributed by atoms with Crippen LogP contribution in [0.4, 0.5) is 4.79 Å². The summed E-state index contributed by atoms with van der Waals surface area (Å²) in [4.78, 5) is 34.9. The third kappa shape index (κ3) is 3.74. The first-order chi connectivity index (χ1) is 13.2. The van der Waals surface area contributed by atoms with E-state index in [4.69, 9.17) is 9.15 Å². The quantitative estimate of drug-likeness (QED) is 0.701. The smallest absolute Gasteiger partial charge is 0.410 e. The van der Waals surface area contributed by atoms with E-state index in [-0.39, 0.29) is 18.7 Å². The van der Waals surface area contributed by atoms with Gasteiger partial charge in [-0.25, -0.2) is 14.8 Å². The van der Waals surface area contributed by atoms with Crippen molar-refractivity contribution >= 4 is 6.09 Å². The summed E-state index contributed by atoms with van der Waals surface area (Å²) in [5.41, 5.74) is 2.16. The van der Waals surface area contributed by atoms with Crippen molar-refractivity contribution in [3.8, 4) is 0 Å². The van der Waals surface area contributed by atoms with Crippen molar-refractivity contribution in [2.24, 2.45) is 0 Å². The molecule has 8 nitrogen and oxygen atoms in total. The molecule has 0 unspecified atom stereocenters. The first-order valence-corrected chi connectivity index (χ1v) is 8.61. The van der Waals surface area contributed by atoms with E-state index in [2.05, 4.69) is 9.97 Å². The van der Waals surface area contributed by atoms with Crippen LogP contribution in [0, 0.1) is 0 Å². The predicted octanol–water partition coefficient (Wildman–Crippen LogP) is 1.97. The lowest BCUT2D eigenvalue weighted by atomic mass is 10.1. The maximum absolute atomic E-state index is 12.9. The SMILES string of the molecule is O=C(OCc1cnco1)N1CCc2ncn(Cc3ccccc3)c(=O)c2C1. The van der Waals surface area contributed by atoms with E-state index in [1.54, 1.807) is 10.9 Å². The van der Waals surface area contributed by atoms with Crippen LogP contribution in [0.1, 0.15) is 22.6 Å². The Bertz CT molecular complexity index is 983. The lowest BCUT2D eigenvalue weighted by Gasteiger charge is -2.27. The fourth-order valence-electron chi connectivity index (χ4n) is 3.04. The van der Waals surface area contributed by atoms with Crippen LogP contribution in [-0.2, 0) is 30.9 Å². The summed E-state index contributed by atoms with van der Waals surface area (Å²) in [5.74, 6) is 0.465. The zero-order valence-electron chi connectivity index (χ0n) is 14.6. The lowest BCUT2D eigenvalue weighted by molar-refractivity contribution is 0.0853. The molecule has 1 aromatic carbocycles. The zero-order valence-corrected chi connectivity index (χ0v) is 14.6. The molecule has 2 aromatic heterocycles. The van der Waals surface area contributed by atoms with Crippen molar-refractivity contribution in [2.45, 2.75) is 26.1 Å². The van der Waals surface area contributed by atoms with E-state index >= 15 is 0 Å². The molecule has 3 aromatic rings. The molecule has 0 saturated carbocycles. The van der Waals surface area contributed by atoms with Crippen LogP contribution in [0.15, 0.2) is 58.5 Å². The van der Waals surface area contributed by atoms with Crippen molar-refractivity contribution in [2.75, 3.05) is 6.54 Å². The fraction of sp³-hybridized carbons (Fsp3) is 0.263. The first kappa shape index (κ1) is 17.0. The number of nitrogens with zero attached hydrogens (tertiary/aromatic N) is 4. The monoisotopic (exact) mass is 366 g/mol. The second-order valence-corrected chi connectivity index (χ2v) is 6.28. The highest BCUT2D eigenvalue weighted by Crippen LogP contribution is 2.15. The number of aromatic nitrogens is 3. The van der Waals surface area contributed by atoms with Gasteiger partial charge in [0.1, 0.15) is 0 Å². The number of carbonyl (C=O) groups excluding carboxylic acids is 1. The molecule has 3 heterocycles. The van der Waals surface area contributed by atoms with Crippen LogP contribution in [0.5, 0.6) is 0 Å². The Morgan fingerprint density at radius 1 is 1.26 bits per heavy atom. The molecule has 0 spiro atoms. The molecule has 1 amide bonds. The summed E-state index contributed by atoms with van der Waals surface area (Å²) in [6, 6.07) is 9.70. The van der Waals surface area contributed by atoms with Crippen LogP contribution in [0.3, 0.4) is 0 Å². The van der Waals surface area contributed by atoms with Gasteiger partial charge in [0.15, 0.2) is 18.8 Å². The van der Waals surface area contributed by atoms with Gasteiger partial charge in [0.2, 0.25) is 0 Å². The van der Waals surface area contributed by atoms with E-state index in [1.165, 1.54) is 17.5 Å². The van der Waals surface area contributed by atoms with Gasteiger partial charge in [0.05, 0.1) is 36.9 Å². The second-order valence-electron chi connectivity index (χ2n) is 6.28. The molecule has 0 fully saturated rings. The largest absolute Gasteiger partial charge is 0.445 e. The van der Waals surface area contributed by atoms with Crippen LogP contribution in [0.25, 0.3) is 0 Å². The van der Waals surface area contributed by atoms with Crippen molar-refractivity contribution in [3.63, 3.8) is 0 Å². The summed E-state index contributed by atoms with van der Waals surface area (Å²) in [7, 11) is 0. The lowest BCUT2D eigenvalue weighted by Crippen LogP contribution is -2.41. The third-order valence-corrected chi connectivity index (χ3v) is 4.46. The number of rotatable bonds is 4. The Kier molecular flexibility index (Phi) is 4.69. The van der Waals surface area contributed by atoms with Gasteiger partial charge < -0.3 is 14.1 Å². The van der Waals surface area contributed by atoms with Gasteiger partial charge in [-0.05, 0) is 5.56 Å². The standard InChI is InChI=1S/C19H18N4O4/c24-18-16-10-22(19(25)26-11-15-8-20-13-27-15)7-6-17(16)21-12-23(18)9-14-4-2-1-3-5-14/h1-5,8,12-13H,6-7,9-11H2. The zero-order chi connectivity index (χ0) is 18.6. The van der Waals surface area contributed by atoms with Crippen LogP contribution in [-0.4, -0.2) is 32.1 Å². The van der Waals surface area contributed by atoms with Crippen molar-refractivity contribution in [1.82, 2.24) is 19.4 Å². The highest BCUT2D eigenvalue weighted by molar-refractivity contribution is 5.68. The summed E-state index contributed by atoms with van der Waals surface area (Å²) in [6.45, 7) is 1.09. The van der Waals surface area contributed by atoms with Gasteiger partial charge in [0.25, 0.3) is 5.56 Å². The Hall–Kier alpha value is -3.42. The Labute approximate surface area is 155 Å². The molecule has 27 heavy (non-hydrogen) atoms. The number of hydrogen-bond donors (Lipinski definition) is 0. The van der Waals surface area contributed by atoms with Gasteiger partial charge in [0, 0.05) is 13.0 Å². The molecule has 0 radical (unpaired) electrons. The minimum absolute atomic E-state index is 0.00741. The van der Waals surface area contributed by atoms with E-state index in [0.717, 1.165) is 11.3 Å². The molecular formula is C19H18N4O4. The van der Waals surface area contributed by atoms with Crippen LogP contribution < -0.4 is 5.56 Å². The van der Waals surface area contributed by atoms with Crippen LogP contribution >= 0.6 is 0 Å². The maximum atomic E-state index is 12.9. The Morgan fingerprint density at radius 2 is 2.11 bits per heavy atom. The van der Waals surface area contributed by atoms with Gasteiger partial charge in [-0.1, -0.05) is 30.3 Å². The van der Waals surface area contributed by atoms with Gasteiger partial charge in [-0.2, -0.15) is 0 Å². The average molecular weight is 366 g/mol. The molecule has 8 heteroatoms. The number of fused-ring (bicyclic) bond motifs is 1. The number of oxazole rings is 1. The Morgan fingerprint density at radius 3 is 2.89 bits per heavy atom. The average Bonchev–Trinajstić information content (AvgIpc) is 3.22. The minimum Gasteiger partial charge on any atom is -0.445 e. The maximum Gasteiger partial charge on any atom is 0.410 e. The summed E-state index contributed by atoms with van der Waals surface area (Å²) >= 11 is 0. The van der Waals surface area contributed by atoms with E-state index in [1.807, 2.05) is 30.3 Å². The number of ether oxygens (including phenoxy) is 1. The number of amides is 1. The van der Waals surface area contributed by atoms with Gasteiger partial charge in [-0.15, -0.1) is 0 Å². The van der Waals surface area contributed by atoms with Crippen LogP contribution in [0.2, 0.25) is 0 Å². The molecule has 0 bridgehead atoms. The molecule has 1 aliphatic rings. The van der Waals surface area contributed by atoms with E-state index in [0.29, 0.717) is 30.8 Å². The predicted molar refractivity (Wildman–Crippen MR) is 94.8 cm³/mol. The molecule has 1 aliphatic heterocycles. The second kappa shape index (κ2) is 7.45. The highest BCUT2D eigenvalue weighted by Gasteiger charge is 2.25. The molecule has 138 valence electrons. The normalized spacial score (nSPS) is 13.3. The number of carbonyl (C=O) groups is 1. The highest BCUT2D eigenvalue weighted by atomic mass is 16.6. The molecule has 4 rings (SSSR count). The minimum atomic E-state index is -0.491. The summed E-state index contributed by atoms with van der Waals surface area (Å²) in [6.07, 6.45) is 4.38. The molecular weight excluding hydrogens is 348 g/mol. The summed E-state index contributed by atoms with van der Waals surface area (Å²) < 4.78 is 11.8. The molecule has 0 aliphatic carbocycles. The van der Waals surface area contributed by atoms with Crippen molar-refractivity contribution < 1.29 is 13.9 Å². The van der Waals surface area contributed by atoms with Gasteiger partial charge in [-0.3, -0.25) is 9.36 Å². The third-order valence-electron chi connectivity index (χ3n) is 4.46. The molecule has 0 N–H and O–H groups in total. The Balaban J connectivity index is 1.48. The molecule has 0 atom stereocenters. The first-order valence-electron chi connectivity index (χ1n) is 8.61. The fourth-order valence-corrected chi connectivity index (χ4v) is 3.04. The van der Waals surface area contributed by atoms with Gasteiger partial charge >= 0.3 is 6.09 Å². The number of hydrogen-bond acceptors (Lipinski definition) is 6. The summed E-state index contributed by atoms with van der Waals surface area (Å²) in [5, 5.41) is 0.